The molecule has 2 rings (SSSR count). The molecule has 0 N–H and O–H groups in total. The molecule has 0 spiro atoms. The van der Waals surface area contributed by atoms with Crippen LogP contribution in [0.2, 0.25) is 0 Å². The summed E-state index contributed by atoms with van der Waals surface area (Å²) < 4.78 is 2.00. The summed E-state index contributed by atoms with van der Waals surface area (Å²) >= 11 is 1.57. The molecule has 0 unspecified atom stereocenters. The van der Waals surface area contributed by atoms with Gasteiger partial charge >= 0.3 is 0 Å². The van der Waals surface area contributed by atoms with Gasteiger partial charge in [-0.15, -0.1) is 14.2 Å². The predicted molar refractivity (Wildman–Crippen MR) is 70.2 cm³/mol. The second kappa shape index (κ2) is 5.19. The minimum atomic E-state index is 0.553. The zero-order chi connectivity index (χ0) is 12.3. The molecule has 0 aliphatic carbocycles. The maximum atomic E-state index is 4.21. The molecule has 0 radical (unpaired) electrons. The molecule has 0 bridgehead atoms. The van der Waals surface area contributed by atoms with Gasteiger partial charge in [0.15, 0.2) is 24.8 Å². The highest BCUT2D eigenvalue weighted by Crippen LogP contribution is 2.22. The molecule has 1 aromatic heterocycles. The van der Waals surface area contributed by atoms with Crippen LogP contribution in [0.4, 0.5) is 10.7 Å². The number of nitrogens with zero attached hydrogens (tertiary/aromatic N) is 3. The van der Waals surface area contributed by atoms with E-state index in [1.54, 1.807) is 11.5 Å². The van der Waals surface area contributed by atoms with Gasteiger partial charge in [-0.1, -0.05) is 26.0 Å². The van der Waals surface area contributed by atoms with Gasteiger partial charge in [0.05, 0.1) is 5.69 Å². The molecule has 2 aromatic rings. The molecule has 3 nitrogen and oxygen atoms in total. The number of aryl methyl sites for hydroxylation is 1. The fourth-order valence-electron chi connectivity index (χ4n) is 1.46. The molecular weight excluding hydrogens is 230 g/mol. The Bertz CT molecular complexity index is 512. The van der Waals surface area contributed by atoms with E-state index in [0.717, 1.165) is 10.7 Å². The third-order valence-corrected chi connectivity index (χ3v) is 3.30. The summed E-state index contributed by atoms with van der Waals surface area (Å²) in [6, 6.07) is 10.2. The SMILES string of the molecule is CC(C)c1ccc(N=Nc2cc[n+](C)s2)cc1. The summed E-state index contributed by atoms with van der Waals surface area (Å²) in [6.45, 7) is 4.37. The quantitative estimate of drug-likeness (QED) is 0.576. The first-order valence-electron chi connectivity index (χ1n) is 5.63. The molecule has 1 aromatic carbocycles. The van der Waals surface area contributed by atoms with Gasteiger partial charge < -0.3 is 0 Å². The first kappa shape index (κ1) is 11.9. The second-order valence-corrected chi connectivity index (χ2v) is 5.41. The van der Waals surface area contributed by atoms with Crippen LogP contribution in [0.5, 0.6) is 0 Å². The number of benzene rings is 1. The highest BCUT2D eigenvalue weighted by atomic mass is 32.1. The van der Waals surface area contributed by atoms with Gasteiger partial charge in [0.25, 0.3) is 0 Å². The minimum absolute atomic E-state index is 0.553. The first-order chi connectivity index (χ1) is 8.15. The average molecular weight is 246 g/mol. The molecule has 0 amide bonds. The topological polar surface area (TPSA) is 28.6 Å². The van der Waals surface area contributed by atoms with Crippen molar-refractivity contribution in [1.29, 1.82) is 0 Å². The van der Waals surface area contributed by atoms with Crippen LogP contribution >= 0.6 is 11.5 Å². The zero-order valence-corrected chi connectivity index (χ0v) is 11.1. The van der Waals surface area contributed by atoms with Crippen LogP contribution in [0.25, 0.3) is 0 Å². The van der Waals surface area contributed by atoms with E-state index in [1.165, 1.54) is 5.56 Å². The summed E-state index contributed by atoms with van der Waals surface area (Å²) in [5.41, 5.74) is 2.22. The Morgan fingerprint density at radius 3 is 2.29 bits per heavy atom. The van der Waals surface area contributed by atoms with Gasteiger partial charge in [0, 0.05) is 6.07 Å². The lowest BCUT2D eigenvalue weighted by Crippen LogP contribution is -2.18. The fourth-order valence-corrected chi connectivity index (χ4v) is 2.08. The molecule has 0 aliphatic rings. The monoisotopic (exact) mass is 246 g/mol. The lowest BCUT2D eigenvalue weighted by molar-refractivity contribution is -0.600. The molecular formula is C13H16N3S+. The van der Waals surface area contributed by atoms with Crippen LogP contribution in [0.3, 0.4) is 0 Å². The van der Waals surface area contributed by atoms with E-state index in [2.05, 4.69) is 36.2 Å². The number of azo groups is 1. The Hall–Kier alpha value is -1.55. The lowest BCUT2D eigenvalue weighted by atomic mass is 10.0. The first-order valence-corrected chi connectivity index (χ1v) is 6.40. The number of hydrogen-bond acceptors (Lipinski definition) is 3. The number of rotatable bonds is 3. The van der Waals surface area contributed by atoms with Crippen molar-refractivity contribution < 1.29 is 3.96 Å². The van der Waals surface area contributed by atoms with Crippen LogP contribution in [0.1, 0.15) is 25.3 Å². The van der Waals surface area contributed by atoms with Crippen molar-refractivity contribution in [2.24, 2.45) is 17.3 Å². The smallest absolute Gasteiger partial charge is 0.150 e. The molecule has 17 heavy (non-hydrogen) atoms. The van der Waals surface area contributed by atoms with Crippen molar-refractivity contribution in [2.75, 3.05) is 0 Å². The normalized spacial score (nSPS) is 11.5. The Morgan fingerprint density at radius 2 is 1.76 bits per heavy atom. The fraction of sp³-hybridized carbons (Fsp3) is 0.308. The average Bonchev–Trinajstić information content (AvgIpc) is 2.73. The molecule has 0 fully saturated rings. The predicted octanol–water partition coefficient (Wildman–Crippen LogP) is 4.11. The molecule has 0 aliphatic heterocycles. The Balaban J connectivity index is 2.11. The maximum Gasteiger partial charge on any atom is 0.208 e. The molecule has 4 heteroatoms. The Labute approximate surface area is 106 Å². The van der Waals surface area contributed by atoms with Crippen molar-refractivity contribution >= 4 is 22.2 Å². The molecule has 0 saturated carbocycles. The van der Waals surface area contributed by atoms with E-state index in [0.29, 0.717) is 5.92 Å². The summed E-state index contributed by atoms with van der Waals surface area (Å²) in [6.07, 6.45) is 1.97. The van der Waals surface area contributed by atoms with E-state index in [1.807, 2.05) is 35.4 Å². The second-order valence-electron chi connectivity index (χ2n) is 4.24. The van der Waals surface area contributed by atoms with Crippen LogP contribution < -0.4 is 3.96 Å². The van der Waals surface area contributed by atoms with Gasteiger partial charge in [0.2, 0.25) is 5.00 Å². The minimum Gasteiger partial charge on any atom is -0.150 e. The lowest BCUT2D eigenvalue weighted by Gasteiger charge is -2.03. The zero-order valence-electron chi connectivity index (χ0n) is 10.3. The van der Waals surface area contributed by atoms with Crippen molar-refractivity contribution in [3.05, 3.63) is 42.1 Å². The third-order valence-electron chi connectivity index (χ3n) is 2.49. The number of hydrogen-bond donors (Lipinski definition) is 0. The van der Waals surface area contributed by atoms with Crippen LogP contribution in [-0.4, -0.2) is 0 Å². The van der Waals surface area contributed by atoms with Crippen molar-refractivity contribution in [2.45, 2.75) is 19.8 Å². The standard InChI is InChI=1S/C13H16N3S/c1-10(2)11-4-6-12(7-5-11)14-15-13-8-9-16(3)17-13/h4-10H,1-3H3/q+1. The highest BCUT2D eigenvalue weighted by Gasteiger charge is 2.01. The number of aromatic nitrogens is 1. The van der Waals surface area contributed by atoms with Gasteiger partial charge in [-0.05, 0) is 23.6 Å². The van der Waals surface area contributed by atoms with E-state index in [9.17, 15) is 0 Å². The van der Waals surface area contributed by atoms with Gasteiger partial charge in [-0.2, -0.15) is 0 Å². The van der Waals surface area contributed by atoms with E-state index >= 15 is 0 Å². The third kappa shape index (κ3) is 3.20. The summed E-state index contributed by atoms with van der Waals surface area (Å²) in [4.78, 5) is 0. The summed E-state index contributed by atoms with van der Waals surface area (Å²) in [7, 11) is 1.99. The molecule has 0 saturated heterocycles. The maximum absolute atomic E-state index is 4.21. The van der Waals surface area contributed by atoms with Crippen LogP contribution in [0, 0.1) is 0 Å². The highest BCUT2D eigenvalue weighted by molar-refractivity contribution is 7.05. The van der Waals surface area contributed by atoms with Crippen molar-refractivity contribution in [3.8, 4) is 0 Å². The van der Waals surface area contributed by atoms with Crippen LogP contribution in [0.15, 0.2) is 46.8 Å². The summed E-state index contributed by atoms with van der Waals surface area (Å²) in [5, 5.41) is 9.32. The van der Waals surface area contributed by atoms with Gasteiger partial charge in [-0.3, -0.25) is 0 Å². The van der Waals surface area contributed by atoms with Crippen LogP contribution in [-0.2, 0) is 7.05 Å². The van der Waals surface area contributed by atoms with Crippen molar-refractivity contribution in [1.82, 2.24) is 0 Å². The molecule has 0 atom stereocenters. The largest absolute Gasteiger partial charge is 0.208 e. The van der Waals surface area contributed by atoms with Gasteiger partial charge in [-0.25, -0.2) is 0 Å². The summed E-state index contributed by atoms with van der Waals surface area (Å²) in [5.74, 6) is 0.553. The van der Waals surface area contributed by atoms with Crippen molar-refractivity contribution in [3.63, 3.8) is 0 Å². The van der Waals surface area contributed by atoms with E-state index < -0.39 is 0 Å². The Morgan fingerprint density at radius 1 is 1.06 bits per heavy atom. The van der Waals surface area contributed by atoms with Gasteiger partial charge in [0.1, 0.15) is 0 Å². The van der Waals surface area contributed by atoms with E-state index in [4.69, 9.17) is 0 Å². The Kier molecular flexibility index (Phi) is 3.64. The van der Waals surface area contributed by atoms with E-state index in [-0.39, 0.29) is 0 Å². The molecule has 88 valence electrons. The molecule has 1 heterocycles.